The van der Waals surface area contributed by atoms with E-state index in [0.717, 1.165) is 37.7 Å². The predicted octanol–water partition coefficient (Wildman–Crippen LogP) is 4.88. The zero-order valence-electron chi connectivity index (χ0n) is 13.0. The van der Waals surface area contributed by atoms with Crippen LogP contribution < -0.4 is 0 Å². The summed E-state index contributed by atoms with van der Waals surface area (Å²) in [6, 6.07) is 6.63. The minimum atomic E-state index is -0.0258. The Balaban J connectivity index is 1.65. The fraction of sp³-hybridized carbons (Fsp3) is 0.550. The molecular formula is C20H24O. The van der Waals surface area contributed by atoms with E-state index in [2.05, 4.69) is 31.2 Å². The van der Waals surface area contributed by atoms with Gasteiger partial charge in [0.25, 0.3) is 0 Å². The smallest absolute Gasteiger partial charge is 0.169 e. The highest BCUT2D eigenvalue weighted by molar-refractivity contribution is 6.03. The lowest BCUT2D eigenvalue weighted by Crippen LogP contribution is -2.39. The number of aryl methyl sites for hydroxylation is 2. The molecule has 1 spiro atoms. The molecule has 110 valence electrons. The van der Waals surface area contributed by atoms with Crippen LogP contribution in [0.3, 0.4) is 0 Å². The molecule has 1 heteroatoms. The lowest BCUT2D eigenvalue weighted by molar-refractivity contribution is 0.0671. The van der Waals surface area contributed by atoms with Crippen LogP contribution in [0.4, 0.5) is 0 Å². The van der Waals surface area contributed by atoms with E-state index in [0.29, 0.717) is 11.7 Å². The predicted molar refractivity (Wildman–Crippen MR) is 85.6 cm³/mol. The number of ketones is 1. The van der Waals surface area contributed by atoms with Gasteiger partial charge < -0.3 is 0 Å². The average Bonchev–Trinajstić information content (AvgIpc) is 3.10. The van der Waals surface area contributed by atoms with Crippen LogP contribution in [0, 0.1) is 11.3 Å². The van der Waals surface area contributed by atoms with Crippen LogP contribution in [0.2, 0.25) is 0 Å². The maximum Gasteiger partial charge on any atom is 0.169 e. The molecule has 3 aliphatic carbocycles. The summed E-state index contributed by atoms with van der Waals surface area (Å²) in [5.41, 5.74) is 5.29. The minimum absolute atomic E-state index is 0.0258. The standard InChI is InChI=1S/C20H24O/c1-2-3-4-14-6-8-18-16(11-14)9-10-20(19(18)21)13-15-5-7-17(20)12-15/h5-6,8,11,17H,2-4,7,9-10,12-13H2,1H3. The van der Waals surface area contributed by atoms with Crippen molar-refractivity contribution in [3.05, 3.63) is 46.5 Å². The Bertz CT molecular complexity index is 625. The lowest BCUT2D eigenvalue weighted by Gasteiger charge is -2.38. The summed E-state index contributed by atoms with van der Waals surface area (Å²) < 4.78 is 0. The van der Waals surface area contributed by atoms with Gasteiger partial charge in [-0.1, -0.05) is 43.2 Å². The lowest BCUT2D eigenvalue weighted by atomic mass is 9.63. The number of allylic oxidation sites excluding steroid dienone is 2. The van der Waals surface area contributed by atoms with Crippen molar-refractivity contribution in [2.75, 3.05) is 0 Å². The summed E-state index contributed by atoms with van der Waals surface area (Å²) in [4.78, 5) is 13.1. The molecule has 1 saturated carbocycles. The van der Waals surface area contributed by atoms with E-state index >= 15 is 0 Å². The van der Waals surface area contributed by atoms with Crippen LogP contribution in [-0.2, 0) is 12.8 Å². The van der Waals surface area contributed by atoms with Gasteiger partial charge in [0, 0.05) is 11.0 Å². The third kappa shape index (κ3) is 1.93. The number of hydrogen-bond donors (Lipinski definition) is 0. The van der Waals surface area contributed by atoms with Gasteiger partial charge in [0.2, 0.25) is 0 Å². The third-order valence-electron chi connectivity index (χ3n) is 6.05. The van der Waals surface area contributed by atoms with Crippen LogP contribution in [0.5, 0.6) is 0 Å². The molecule has 0 amide bonds. The molecule has 0 radical (unpaired) electrons. The van der Waals surface area contributed by atoms with Crippen molar-refractivity contribution in [2.24, 2.45) is 11.3 Å². The Morgan fingerprint density at radius 1 is 1.33 bits per heavy atom. The van der Waals surface area contributed by atoms with Crippen molar-refractivity contribution in [2.45, 2.75) is 58.3 Å². The Hall–Kier alpha value is -1.37. The second-order valence-electron chi connectivity index (χ2n) is 7.26. The van der Waals surface area contributed by atoms with Gasteiger partial charge in [-0.3, -0.25) is 4.79 Å². The first-order valence-electron chi connectivity index (χ1n) is 8.57. The van der Waals surface area contributed by atoms with Gasteiger partial charge >= 0.3 is 0 Å². The van der Waals surface area contributed by atoms with E-state index in [1.54, 1.807) is 5.57 Å². The van der Waals surface area contributed by atoms with Gasteiger partial charge in [-0.15, -0.1) is 0 Å². The molecule has 3 aliphatic rings. The molecule has 0 heterocycles. The number of carbonyl (C=O) groups is 1. The van der Waals surface area contributed by atoms with E-state index < -0.39 is 0 Å². The van der Waals surface area contributed by atoms with Crippen molar-refractivity contribution in [1.29, 1.82) is 0 Å². The van der Waals surface area contributed by atoms with Crippen molar-refractivity contribution in [3.8, 4) is 0 Å². The van der Waals surface area contributed by atoms with Gasteiger partial charge in [-0.2, -0.15) is 0 Å². The molecule has 0 N–H and O–H groups in total. The summed E-state index contributed by atoms with van der Waals surface area (Å²) >= 11 is 0. The van der Waals surface area contributed by atoms with E-state index in [1.165, 1.54) is 30.4 Å². The molecule has 1 aromatic carbocycles. The van der Waals surface area contributed by atoms with E-state index in [-0.39, 0.29) is 5.41 Å². The van der Waals surface area contributed by atoms with Crippen molar-refractivity contribution in [3.63, 3.8) is 0 Å². The number of hydrogen-bond acceptors (Lipinski definition) is 1. The normalized spacial score (nSPS) is 29.9. The molecule has 21 heavy (non-hydrogen) atoms. The van der Waals surface area contributed by atoms with Gasteiger partial charge in [0.1, 0.15) is 0 Å². The monoisotopic (exact) mass is 280 g/mol. The molecule has 2 unspecified atom stereocenters. The van der Waals surface area contributed by atoms with E-state index in [9.17, 15) is 4.79 Å². The van der Waals surface area contributed by atoms with Crippen molar-refractivity contribution >= 4 is 5.78 Å². The summed E-state index contributed by atoms with van der Waals surface area (Å²) in [6.07, 6.45) is 11.6. The number of rotatable bonds is 3. The molecule has 2 atom stereocenters. The number of Topliss-reactive ketones (excluding diaryl/α,β-unsaturated/α-hetero) is 1. The molecule has 2 bridgehead atoms. The highest BCUT2D eigenvalue weighted by atomic mass is 16.1. The van der Waals surface area contributed by atoms with Crippen molar-refractivity contribution in [1.82, 2.24) is 0 Å². The number of carbonyl (C=O) groups excluding carboxylic acids is 1. The largest absolute Gasteiger partial charge is 0.294 e. The summed E-state index contributed by atoms with van der Waals surface area (Å²) in [5, 5.41) is 0. The van der Waals surface area contributed by atoms with E-state index in [1.807, 2.05) is 0 Å². The molecule has 1 nitrogen and oxygen atoms in total. The van der Waals surface area contributed by atoms with Crippen LogP contribution in [0.15, 0.2) is 29.8 Å². The minimum Gasteiger partial charge on any atom is -0.294 e. The van der Waals surface area contributed by atoms with Crippen LogP contribution in [-0.4, -0.2) is 5.78 Å². The highest BCUT2D eigenvalue weighted by Gasteiger charge is 2.53. The first kappa shape index (κ1) is 13.3. The van der Waals surface area contributed by atoms with Gasteiger partial charge in [0.15, 0.2) is 5.78 Å². The Kier molecular flexibility index (Phi) is 3.06. The number of benzene rings is 1. The summed E-state index contributed by atoms with van der Waals surface area (Å²) in [5.74, 6) is 1.06. The second-order valence-corrected chi connectivity index (χ2v) is 7.26. The van der Waals surface area contributed by atoms with Crippen LogP contribution in [0.1, 0.15) is 66.9 Å². The molecule has 1 aromatic rings. The fourth-order valence-electron chi connectivity index (χ4n) is 4.82. The number of unbranched alkanes of at least 4 members (excludes halogenated alkanes) is 1. The Morgan fingerprint density at radius 3 is 2.95 bits per heavy atom. The fourth-order valence-corrected chi connectivity index (χ4v) is 4.82. The van der Waals surface area contributed by atoms with Crippen molar-refractivity contribution < 1.29 is 4.79 Å². The van der Waals surface area contributed by atoms with Crippen LogP contribution in [0.25, 0.3) is 0 Å². The average molecular weight is 280 g/mol. The van der Waals surface area contributed by atoms with Gasteiger partial charge in [-0.05, 0) is 62.0 Å². The van der Waals surface area contributed by atoms with Gasteiger partial charge in [0.05, 0.1) is 0 Å². The topological polar surface area (TPSA) is 17.1 Å². The molecule has 1 fully saturated rings. The Morgan fingerprint density at radius 2 is 2.24 bits per heavy atom. The second kappa shape index (κ2) is 4.83. The summed E-state index contributed by atoms with van der Waals surface area (Å²) in [7, 11) is 0. The molecule has 0 saturated heterocycles. The zero-order chi connectivity index (χ0) is 14.4. The molecule has 4 rings (SSSR count). The molecule has 0 aliphatic heterocycles. The maximum absolute atomic E-state index is 13.1. The maximum atomic E-state index is 13.1. The molecule has 0 aromatic heterocycles. The zero-order valence-corrected chi connectivity index (χ0v) is 13.0. The van der Waals surface area contributed by atoms with Gasteiger partial charge in [-0.25, -0.2) is 0 Å². The Labute approximate surface area is 127 Å². The number of fused-ring (bicyclic) bond motifs is 4. The SMILES string of the molecule is CCCCc1ccc2c(c1)CCC1(CC3=CCC1C3)C2=O. The third-order valence-corrected chi connectivity index (χ3v) is 6.05. The first-order valence-corrected chi connectivity index (χ1v) is 8.57. The first-order chi connectivity index (χ1) is 10.2. The van der Waals surface area contributed by atoms with E-state index in [4.69, 9.17) is 0 Å². The summed E-state index contributed by atoms with van der Waals surface area (Å²) in [6.45, 7) is 2.23. The quantitative estimate of drug-likeness (QED) is 0.721. The molecular weight excluding hydrogens is 256 g/mol. The highest BCUT2D eigenvalue weighted by Crippen LogP contribution is 2.58. The van der Waals surface area contributed by atoms with Crippen LogP contribution >= 0.6 is 0 Å².